The molecular weight excluding hydrogens is 338 g/mol. The van der Waals surface area contributed by atoms with Crippen molar-refractivity contribution in [1.29, 1.82) is 0 Å². The van der Waals surface area contributed by atoms with Gasteiger partial charge in [-0.2, -0.15) is 0 Å². The van der Waals surface area contributed by atoms with Gasteiger partial charge >= 0.3 is 6.09 Å². The molecule has 7 nitrogen and oxygen atoms in total. The van der Waals surface area contributed by atoms with Gasteiger partial charge in [0.1, 0.15) is 11.6 Å². The first kappa shape index (κ1) is 21.8. The summed E-state index contributed by atoms with van der Waals surface area (Å²) in [5.41, 5.74) is 0.215. The Kier molecular flexibility index (Phi) is 8.38. The number of methoxy groups -OCH3 is 3. The number of ether oxygens (including phenoxy) is 4. The van der Waals surface area contributed by atoms with E-state index in [4.69, 9.17) is 18.9 Å². The van der Waals surface area contributed by atoms with Crippen LogP contribution in [0.4, 0.5) is 4.79 Å². The van der Waals surface area contributed by atoms with E-state index in [1.807, 2.05) is 12.1 Å². The number of hydrogen-bond donors (Lipinski definition) is 1. The van der Waals surface area contributed by atoms with Crippen LogP contribution in [-0.2, 0) is 20.7 Å². The third-order valence-electron chi connectivity index (χ3n) is 3.54. The number of carbonyl (C=O) groups excluding carboxylic acids is 2. The highest BCUT2D eigenvalue weighted by Crippen LogP contribution is 2.31. The number of carbonyl (C=O) groups is 2. The molecule has 1 rings (SSSR count). The summed E-state index contributed by atoms with van der Waals surface area (Å²) in [5, 5.41) is 2.57. The van der Waals surface area contributed by atoms with Gasteiger partial charge < -0.3 is 24.3 Å². The number of ketones is 1. The summed E-state index contributed by atoms with van der Waals surface area (Å²) in [4.78, 5) is 24.5. The highest BCUT2D eigenvalue weighted by atomic mass is 16.6. The molecule has 0 spiro atoms. The second-order valence-corrected chi connectivity index (χ2v) is 6.77. The lowest BCUT2D eigenvalue weighted by molar-refractivity contribution is -0.122. The number of Topliss-reactive ketones (excluding diaryl/α,β-unsaturated/α-hetero) is 1. The van der Waals surface area contributed by atoms with E-state index < -0.39 is 17.7 Å². The zero-order chi connectivity index (χ0) is 19.7. The van der Waals surface area contributed by atoms with E-state index in [1.165, 1.54) is 7.11 Å². The molecule has 0 heterocycles. The van der Waals surface area contributed by atoms with Crippen LogP contribution in [0.1, 0.15) is 32.8 Å². The number of alkyl carbamates (subject to hydrolysis) is 1. The maximum Gasteiger partial charge on any atom is 0.408 e. The Morgan fingerprint density at radius 3 is 2.35 bits per heavy atom. The number of para-hydroxylation sites is 1. The molecule has 0 bridgehead atoms. The largest absolute Gasteiger partial charge is 0.493 e. The molecule has 0 radical (unpaired) electrons. The second-order valence-electron chi connectivity index (χ2n) is 6.77. The summed E-state index contributed by atoms with van der Waals surface area (Å²) in [6, 6.07) is 4.74. The molecule has 26 heavy (non-hydrogen) atoms. The van der Waals surface area contributed by atoms with Gasteiger partial charge in [0.2, 0.25) is 0 Å². The number of nitrogens with one attached hydrogen (secondary N) is 1. The minimum absolute atomic E-state index is 0.0767. The molecule has 0 aromatic heterocycles. The van der Waals surface area contributed by atoms with Crippen LogP contribution in [-0.4, -0.2) is 51.5 Å². The molecule has 1 amide bonds. The van der Waals surface area contributed by atoms with Crippen LogP contribution in [0.2, 0.25) is 0 Å². The van der Waals surface area contributed by atoms with Crippen molar-refractivity contribution in [3.8, 4) is 11.5 Å². The Labute approximate surface area is 155 Å². The van der Waals surface area contributed by atoms with Gasteiger partial charge in [-0.1, -0.05) is 12.1 Å². The van der Waals surface area contributed by atoms with E-state index >= 15 is 0 Å². The molecule has 0 saturated carbocycles. The SMILES string of the molecule is COC[C@H](NC(=O)OC(C)(C)C)C(=O)CCc1cccc(OC)c1OC. The number of rotatable bonds is 9. The Bertz CT molecular complexity index is 609. The Morgan fingerprint density at radius 1 is 1.12 bits per heavy atom. The molecule has 0 saturated heterocycles. The van der Waals surface area contributed by atoms with Crippen LogP contribution in [0, 0.1) is 0 Å². The van der Waals surface area contributed by atoms with Crippen LogP contribution in [0.3, 0.4) is 0 Å². The van der Waals surface area contributed by atoms with Gasteiger partial charge in [-0.05, 0) is 38.8 Å². The van der Waals surface area contributed by atoms with Crippen molar-refractivity contribution in [3.05, 3.63) is 23.8 Å². The minimum Gasteiger partial charge on any atom is -0.493 e. The molecule has 0 aliphatic rings. The van der Waals surface area contributed by atoms with Gasteiger partial charge in [0.15, 0.2) is 17.3 Å². The normalized spacial score (nSPS) is 12.2. The van der Waals surface area contributed by atoms with E-state index in [9.17, 15) is 9.59 Å². The first-order chi connectivity index (χ1) is 12.2. The Morgan fingerprint density at radius 2 is 1.81 bits per heavy atom. The average molecular weight is 367 g/mol. The van der Waals surface area contributed by atoms with E-state index in [-0.39, 0.29) is 18.8 Å². The van der Waals surface area contributed by atoms with E-state index in [1.54, 1.807) is 41.1 Å². The highest BCUT2D eigenvalue weighted by Gasteiger charge is 2.24. The first-order valence-electron chi connectivity index (χ1n) is 8.42. The van der Waals surface area contributed by atoms with Crippen molar-refractivity contribution < 1.29 is 28.5 Å². The van der Waals surface area contributed by atoms with Crippen LogP contribution in [0.25, 0.3) is 0 Å². The minimum atomic E-state index is -0.772. The molecule has 7 heteroatoms. The maximum absolute atomic E-state index is 12.5. The molecule has 0 aliphatic carbocycles. The summed E-state index contributed by atoms with van der Waals surface area (Å²) in [7, 11) is 4.59. The third-order valence-corrected chi connectivity index (χ3v) is 3.54. The van der Waals surface area contributed by atoms with Crippen LogP contribution < -0.4 is 14.8 Å². The summed E-state index contributed by atoms with van der Waals surface area (Å²) >= 11 is 0. The molecule has 146 valence electrons. The fourth-order valence-corrected chi connectivity index (χ4v) is 2.41. The first-order valence-corrected chi connectivity index (χ1v) is 8.42. The lowest BCUT2D eigenvalue weighted by Gasteiger charge is -2.23. The summed E-state index contributed by atoms with van der Waals surface area (Å²) in [6.45, 7) is 5.35. The van der Waals surface area contributed by atoms with Gasteiger partial charge in [0.05, 0.1) is 20.8 Å². The molecule has 1 atom stereocenters. The monoisotopic (exact) mass is 367 g/mol. The van der Waals surface area contributed by atoms with E-state index in [0.717, 1.165) is 5.56 Å². The van der Waals surface area contributed by atoms with Crippen molar-refractivity contribution in [3.63, 3.8) is 0 Å². The Hall–Kier alpha value is -2.28. The quantitative estimate of drug-likeness (QED) is 0.723. The summed E-state index contributed by atoms with van der Waals surface area (Å²) in [6.07, 6.45) is 0.0230. The fourth-order valence-electron chi connectivity index (χ4n) is 2.41. The summed E-state index contributed by atoms with van der Waals surface area (Å²) < 4.78 is 20.9. The van der Waals surface area contributed by atoms with Crippen LogP contribution >= 0.6 is 0 Å². The van der Waals surface area contributed by atoms with Gasteiger partial charge in [-0.25, -0.2) is 4.79 Å². The zero-order valence-corrected chi connectivity index (χ0v) is 16.4. The lowest BCUT2D eigenvalue weighted by Crippen LogP contribution is -2.46. The van der Waals surface area contributed by atoms with Gasteiger partial charge in [0.25, 0.3) is 0 Å². The topological polar surface area (TPSA) is 83.1 Å². The molecule has 0 fully saturated rings. The van der Waals surface area contributed by atoms with Crippen LogP contribution in [0.5, 0.6) is 11.5 Å². The average Bonchev–Trinajstić information content (AvgIpc) is 2.57. The van der Waals surface area contributed by atoms with Gasteiger partial charge in [0, 0.05) is 13.5 Å². The predicted octanol–water partition coefficient (Wildman–Crippen LogP) is 2.75. The van der Waals surface area contributed by atoms with E-state index in [2.05, 4.69) is 5.32 Å². The van der Waals surface area contributed by atoms with Crippen molar-refractivity contribution >= 4 is 11.9 Å². The third kappa shape index (κ3) is 6.92. The smallest absolute Gasteiger partial charge is 0.408 e. The second kappa shape index (κ2) is 10.0. The highest BCUT2D eigenvalue weighted by molar-refractivity contribution is 5.87. The lowest BCUT2D eigenvalue weighted by atomic mass is 10.0. The maximum atomic E-state index is 12.5. The number of aryl methyl sites for hydroxylation is 1. The fraction of sp³-hybridized carbons (Fsp3) is 0.579. The Balaban J connectivity index is 2.75. The summed E-state index contributed by atoms with van der Waals surface area (Å²) in [5.74, 6) is 1.06. The molecule has 1 aromatic carbocycles. The van der Waals surface area contributed by atoms with Crippen molar-refractivity contribution in [2.24, 2.45) is 0 Å². The van der Waals surface area contributed by atoms with Crippen molar-refractivity contribution in [1.82, 2.24) is 5.32 Å². The van der Waals surface area contributed by atoms with Gasteiger partial charge in [-0.3, -0.25) is 4.79 Å². The standard InChI is InChI=1S/C19H29NO6/c1-19(2,3)26-18(22)20-14(12-23-4)15(21)11-10-13-8-7-9-16(24-5)17(13)25-6/h7-9,14H,10-12H2,1-6H3,(H,20,22)/t14-/m0/s1. The predicted molar refractivity (Wildman–Crippen MR) is 97.9 cm³/mol. The van der Waals surface area contributed by atoms with E-state index in [0.29, 0.717) is 17.9 Å². The zero-order valence-electron chi connectivity index (χ0n) is 16.4. The van der Waals surface area contributed by atoms with Crippen molar-refractivity contribution in [2.75, 3.05) is 27.9 Å². The van der Waals surface area contributed by atoms with Crippen LogP contribution in [0.15, 0.2) is 18.2 Å². The number of hydrogen-bond acceptors (Lipinski definition) is 6. The molecule has 1 aromatic rings. The molecule has 0 aliphatic heterocycles. The molecular formula is C19H29NO6. The number of amides is 1. The van der Waals surface area contributed by atoms with Crippen molar-refractivity contribution in [2.45, 2.75) is 45.3 Å². The molecule has 1 N–H and O–H groups in total. The number of benzene rings is 1. The van der Waals surface area contributed by atoms with Gasteiger partial charge in [-0.15, -0.1) is 0 Å². The molecule has 0 unspecified atom stereocenters.